The third kappa shape index (κ3) is 5.38. The average Bonchev–Trinajstić information content (AvgIpc) is 3.32. The molecule has 27 heavy (non-hydrogen) atoms. The minimum absolute atomic E-state index is 0.0271. The third-order valence-electron chi connectivity index (χ3n) is 4.17. The second kappa shape index (κ2) is 8.78. The molecule has 1 fully saturated rings. The molecule has 0 unspecified atom stereocenters. The first-order valence-corrected chi connectivity index (χ1v) is 9.49. The largest absolute Gasteiger partial charge is 0.360 e. The fourth-order valence-corrected chi connectivity index (χ4v) is 3.37. The molecule has 0 spiro atoms. The molecule has 0 bridgehead atoms. The number of hydrogen-bond acceptors (Lipinski definition) is 7. The molecule has 9 nitrogen and oxygen atoms in total. The van der Waals surface area contributed by atoms with Gasteiger partial charge in [0.2, 0.25) is 11.8 Å². The van der Waals surface area contributed by atoms with Gasteiger partial charge in [-0.25, -0.2) is 0 Å². The van der Waals surface area contributed by atoms with Crippen LogP contribution in [-0.2, 0) is 9.59 Å². The number of aromatic nitrogens is 1. The molecule has 3 rings (SSSR count). The normalized spacial score (nSPS) is 14.8. The van der Waals surface area contributed by atoms with Crippen molar-refractivity contribution in [3.05, 3.63) is 34.2 Å². The molecule has 0 radical (unpaired) electrons. The summed E-state index contributed by atoms with van der Waals surface area (Å²) in [6.07, 6.45) is 0. The number of carbonyl (C=O) groups excluding carboxylic acids is 3. The zero-order valence-corrected chi connectivity index (χ0v) is 15.8. The average molecular weight is 391 g/mol. The van der Waals surface area contributed by atoms with Crippen molar-refractivity contribution < 1.29 is 18.9 Å². The molecule has 2 aromatic rings. The highest BCUT2D eigenvalue weighted by molar-refractivity contribution is 7.08. The van der Waals surface area contributed by atoms with E-state index in [2.05, 4.69) is 15.8 Å². The highest BCUT2D eigenvalue weighted by Crippen LogP contribution is 2.08. The van der Waals surface area contributed by atoms with Gasteiger partial charge in [-0.15, -0.1) is 0 Å². The van der Waals surface area contributed by atoms with Crippen molar-refractivity contribution in [3.8, 4) is 0 Å². The second-order valence-electron chi connectivity index (χ2n) is 6.22. The molecule has 3 amide bonds. The topological polar surface area (TPSA) is 108 Å². The summed E-state index contributed by atoms with van der Waals surface area (Å²) in [5, 5.41) is 12.6. The van der Waals surface area contributed by atoms with Gasteiger partial charge in [-0.2, -0.15) is 11.3 Å². The second-order valence-corrected chi connectivity index (χ2v) is 7.00. The molecule has 0 atom stereocenters. The van der Waals surface area contributed by atoms with Crippen LogP contribution in [-0.4, -0.2) is 71.9 Å². The number of nitrogens with zero attached hydrogens (tertiary/aromatic N) is 3. The van der Waals surface area contributed by atoms with Gasteiger partial charge in [0, 0.05) is 43.2 Å². The van der Waals surface area contributed by atoms with Crippen molar-refractivity contribution in [2.45, 2.75) is 6.92 Å². The lowest BCUT2D eigenvalue weighted by molar-refractivity contribution is -0.132. The Morgan fingerprint density at radius 2 is 2.04 bits per heavy atom. The lowest BCUT2D eigenvalue weighted by atomic mass is 10.3. The van der Waals surface area contributed by atoms with Crippen molar-refractivity contribution in [1.29, 1.82) is 0 Å². The number of piperazine rings is 1. The van der Waals surface area contributed by atoms with Crippen molar-refractivity contribution >= 4 is 34.9 Å². The molecular weight excluding hydrogens is 370 g/mol. The number of carbonyl (C=O) groups is 3. The fraction of sp³-hybridized carbons (Fsp3) is 0.412. The maximum absolute atomic E-state index is 12.2. The van der Waals surface area contributed by atoms with E-state index in [-0.39, 0.29) is 30.8 Å². The van der Waals surface area contributed by atoms with Crippen LogP contribution in [0, 0.1) is 6.92 Å². The number of hydrogen-bond donors (Lipinski definition) is 2. The van der Waals surface area contributed by atoms with Crippen LogP contribution < -0.4 is 10.6 Å². The maximum Gasteiger partial charge on any atom is 0.252 e. The quantitative estimate of drug-likeness (QED) is 0.745. The minimum Gasteiger partial charge on any atom is -0.360 e. The molecule has 1 aliphatic heterocycles. The summed E-state index contributed by atoms with van der Waals surface area (Å²) in [6, 6.07) is 3.37. The van der Waals surface area contributed by atoms with E-state index in [1.54, 1.807) is 29.3 Å². The van der Waals surface area contributed by atoms with E-state index in [0.29, 0.717) is 43.3 Å². The molecule has 10 heteroatoms. The van der Waals surface area contributed by atoms with Crippen LogP contribution in [0.15, 0.2) is 27.4 Å². The Kier molecular flexibility index (Phi) is 6.20. The number of aryl methyl sites for hydroxylation is 1. The zero-order chi connectivity index (χ0) is 19.2. The molecule has 3 heterocycles. The Balaban J connectivity index is 1.37. The Hall–Kier alpha value is -2.72. The number of amides is 3. The van der Waals surface area contributed by atoms with E-state index in [1.807, 2.05) is 10.3 Å². The molecular formula is C17H21N5O4S. The summed E-state index contributed by atoms with van der Waals surface area (Å²) in [4.78, 5) is 39.8. The molecule has 2 aromatic heterocycles. The monoisotopic (exact) mass is 391 g/mol. The van der Waals surface area contributed by atoms with Gasteiger partial charge in [-0.05, 0) is 18.4 Å². The molecule has 1 saturated heterocycles. The number of anilines is 1. The van der Waals surface area contributed by atoms with Crippen molar-refractivity contribution in [2.24, 2.45) is 0 Å². The van der Waals surface area contributed by atoms with Crippen LogP contribution in [0.1, 0.15) is 16.1 Å². The van der Waals surface area contributed by atoms with Crippen LogP contribution >= 0.6 is 11.3 Å². The summed E-state index contributed by atoms with van der Waals surface area (Å²) in [7, 11) is 0. The molecule has 1 aliphatic rings. The molecule has 144 valence electrons. The predicted octanol–water partition coefficient (Wildman–Crippen LogP) is 0.557. The standard InChI is InChI=1S/C17H21N5O4S/c1-12-8-14(20-26-12)19-15(23)10-21-3-5-22(6-4-21)16(24)9-18-17(25)13-2-7-27-11-13/h2,7-8,11H,3-6,9-10H2,1H3,(H,18,25)(H,19,20,23). The Morgan fingerprint density at radius 3 is 2.67 bits per heavy atom. The van der Waals surface area contributed by atoms with E-state index in [1.165, 1.54) is 11.3 Å². The van der Waals surface area contributed by atoms with Crippen LogP contribution in [0.4, 0.5) is 5.82 Å². The van der Waals surface area contributed by atoms with E-state index < -0.39 is 0 Å². The predicted molar refractivity (Wildman–Crippen MR) is 99.5 cm³/mol. The van der Waals surface area contributed by atoms with E-state index in [9.17, 15) is 14.4 Å². The van der Waals surface area contributed by atoms with E-state index in [0.717, 1.165) is 0 Å². The Morgan fingerprint density at radius 1 is 1.26 bits per heavy atom. The van der Waals surface area contributed by atoms with E-state index >= 15 is 0 Å². The minimum atomic E-state index is -0.247. The smallest absolute Gasteiger partial charge is 0.252 e. The van der Waals surface area contributed by atoms with Gasteiger partial charge in [0.15, 0.2) is 5.82 Å². The highest BCUT2D eigenvalue weighted by Gasteiger charge is 2.23. The van der Waals surface area contributed by atoms with Crippen LogP contribution in [0.25, 0.3) is 0 Å². The molecule has 2 N–H and O–H groups in total. The number of rotatable bonds is 6. The first-order chi connectivity index (χ1) is 13.0. The Labute approximate surface area is 160 Å². The Bertz CT molecular complexity index is 796. The van der Waals surface area contributed by atoms with Crippen LogP contribution in [0.5, 0.6) is 0 Å². The van der Waals surface area contributed by atoms with Gasteiger partial charge < -0.3 is 20.1 Å². The first-order valence-electron chi connectivity index (χ1n) is 8.55. The zero-order valence-electron chi connectivity index (χ0n) is 14.9. The summed E-state index contributed by atoms with van der Waals surface area (Å²) in [6.45, 7) is 4.17. The fourth-order valence-electron chi connectivity index (χ4n) is 2.73. The van der Waals surface area contributed by atoms with Gasteiger partial charge in [-0.1, -0.05) is 5.16 Å². The lowest BCUT2D eigenvalue weighted by Gasteiger charge is -2.34. The molecule has 0 aliphatic carbocycles. The summed E-state index contributed by atoms with van der Waals surface area (Å²) in [5.41, 5.74) is 0.561. The number of nitrogens with one attached hydrogen (secondary N) is 2. The summed E-state index contributed by atoms with van der Waals surface area (Å²) in [5.74, 6) is 0.478. The van der Waals surface area contributed by atoms with Gasteiger partial charge in [-0.3, -0.25) is 19.3 Å². The van der Waals surface area contributed by atoms with E-state index in [4.69, 9.17) is 4.52 Å². The van der Waals surface area contributed by atoms with Crippen molar-refractivity contribution in [3.63, 3.8) is 0 Å². The van der Waals surface area contributed by atoms with Crippen LogP contribution in [0.3, 0.4) is 0 Å². The highest BCUT2D eigenvalue weighted by atomic mass is 32.1. The molecule has 0 saturated carbocycles. The summed E-state index contributed by atoms with van der Waals surface area (Å²) < 4.78 is 4.91. The third-order valence-corrected chi connectivity index (χ3v) is 4.85. The SMILES string of the molecule is Cc1cc(NC(=O)CN2CCN(C(=O)CNC(=O)c3ccsc3)CC2)no1. The first kappa shape index (κ1) is 19.1. The van der Waals surface area contributed by atoms with Gasteiger partial charge in [0.05, 0.1) is 13.1 Å². The van der Waals surface area contributed by atoms with Crippen molar-refractivity contribution in [1.82, 2.24) is 20.3 Å². The van der Waals surface area contributed by atoms with Crippen molar-refractivity contribution in [2.75, 3.05) is 44.6 Å². The number of thiophene rings is 1. The maximum atomic E-state index is 12.2. The molecule has 0 aromatic carbocycles. The van der Waals surface area contributed by atoms with Crippen LogP contribution in [0.2, 0.25) is 0 Å². The lowest BCUT2D eigenvalue weighted by Crippen LogP contribution is -2.52. The summed E-state index contributed by atoms with van der Waals surface area (Å²) >= 11 is 1.43. The van der Waals surface area contributed by atoms with Gasteiger partial charge in [0.1, 0.15) is 5.76 Å². The van der Waals surface area contributed by atoms with Gasteiger partial charge >= 0.3 is 0 Å². The van der Waals surface area contributed by atoms with Gasteiger partial charge in [0.25, 0.3) is 5.91 Å².